The molecule has 4 atom stereocenters. The summed E-state index contributed by atoms with van der Waals surface area (Å²) in [6, 6.07) is 11.1. The molecule has 4 fully saturated rings. The van der Waals surface area contributed by atoms with Gasteiger partial charge in [-0.1, -0.05) is 12.1 Å². The SMILES string of the molecule is O=C1CC[C@H](C(=O)N2CCC[C@H]2c2nc3ccc(-c4ccc5nc([C@@H]6CCCN6C(=O)[C@H]6CCC(=O)N6)[nH]c5c4)cc3[nH]2)N1. The number of aromatic nitrogens is 4. The van der Waals surface area contributed by atoms with Crippen molar-refractivity contribution in [2.24, 2.45) is 0 Å². The van der Waals surface area contributed by atoms with Crippen LogP contribution in [0.1, 0.15) is 75.1 Å². The molecule has 0 aliphatic carbocycles. The fourth-order valence-corrected chi connectivity index (χ4v) is 7.36. The minimum absolute atomic E-state index is 0.0258. The van der Waals surface area contributed by atoms with E-state index < -0.39 is 12.1 Å². The number of amides is 4. The predicted molar refractivity (Wildman–Crippen MR) is 161 cm³/mol. The summed E-state index contributed by atoms with van der Waals surface area (Å²) in [5, 5.41) is 5.61. The molecule has 0 bridgehead atoms. The topological polar surface area (TPSA) is 156 Å². The summed E-state index contributed by atoms with van der Waals surface area (Å²) in [5.74, 6) is 1.36. The van der Waals surface area contributed by atoms with Gasteiger partial charge in [-0.3, -0.25) is 19.2 Å². The van der Waals surface area contributed by atoms with E-state index in [2.05, 4.69) is 32.7 Å². The lowest BCUT2D eigenvalue weighted by atomic mass is 10.0. The number of hydrogen-bond acceptors (Lipinski definition) is 6. The second kappa shape index (κ2) is 10.5. The van der Waals surface area contributed by atoms with Crippen LogP contribution < -0.4 is 10.6 Å². The van der Waals surface area contributed by atoms with Gasteiger partial charge in [0.25, 0.3) is 0 Å². The average Bonchev–Trinajstić information content (AvgIpc) is 3.86. The lowest BCUT2D eigenvalue weighted by Crippen LogP contribution is -2.44. The van der Waals surface area contributed by atoms with E-state index in [1.54, 1.807) is 0 Å². The Morgan fingerprint density at radius 2 is 1.11 bits per heavy atom. The number of hydrogen-bond donors (Lipinski definition) is 4. The summed E-state index contributed by atoms with van der Waals surface area (Å²) in [6.45, 7) is 1.32. The first-order chi connectivity index (χ1) is 21.4. The van der Waals surface area contributed by atoms with Crippen LogP contribution >= 0.6 is 0 Å². The normalized spacial score (nSPS) is 25.4. The summed E-state index contributed by atoms with van der Waals surface area (Å²) in [5.41, 5.74) is 5.52. The maximum Gasteiger partial charge on any atom is 0.245 e. The van der Waals surface area contributed by atoms with Crippen molar-refractivity contribution in [3.63, 3.8) is 0 Å². The number of benzene rings is 2. The Kier molecular flexibility index (Phi) is 6.38. The molecule has 4 N–H and O–H groups in total. The van der Waals surface area contributed by atoms with E-state index >= 15 is 0 Å². The molecule has 0 spiro atoms. The third-order valence-electron chi connectivity index (χ3n) is 9.62. The van der Waals surface area contributed by atoms with Crippen molar-refractivity contribution in [3.8, 4) is 11.1 Å². The highest BCUT2D eigenvalue weighted by Crippen LogP contribution is 2.36. The molecular formula is C32H34N8O4. The number of imidazole rings is 2. The van der Waals surface area contributed by atoms with Gasteiger partial charge in [0.05, 0.1) is 34.2 Å². The van der Waals surface area contributed by atoms with Crippen LogP contribution in [0.15, 0.2) is 36.4 Å². The summed E-state index contributed by atoms with van der Waals surface area (Å²) in [6.07, 6.45) is 5.34. The molecule has 0 unspecified atom stereocenters. The van der Waals surface area contributed by atoms with Crippen molar-refractivity contribution >= 4 is 45.7 Å². The van der Waals surface area contributed by atoms with E-state index in [0.717, 1.165) is 70.5 Å². The lowest BCUT2D eigenvalue weighted by Gasteiger charge is -2.26. The monoisotopic (exact) mass is 594 g/mol. The van der Waals surface area contributed by atoms with E-state index in [0.29, 0.717) is 38.8 Å². The van der Waals surface area contributed by atoms with Crippen molar-refractivity contribution < 1.29 is 19.2 Å². The first-order valence-electron chi connectivity index (χ1n) is 15.6. The van der Waals surface area contributed by atoms with E-state index in [1.807, 2.05) is 34.1 Å². The van der Waals surface area contributed by atoms with Gasteiger partial charge in [-0.25, -0.2) is 9.97 Å². The molecule has 2 aromatic carbocycles. The molecule has 0 saturated carbocycles. The van der Waals surface area contributed by atoms with Crippen LogP contribution in [0.2, 0.25) is 0 Å². The van der Waals surface area contributed by atoms with Gasteiger partial charge in [-0.05, 0) is 73.9 Å². The fraction of sp³-hybridized carbons (Fsp3) is 0.438. The Bertz CT molecular complexity index is 1700. The summed E-state index contributed by atoms with van der Waals surface area (Å²) in [7, 11) is 0. The van der Waals surface area contributed by atoms with Gasteiger partial charge in [0, 0.05) is 25.9 Å². The molecule has 12 heteroatoms. The zero-order valence-electron chi connectivity index (χ0n) is 24.3. The van der Waals surface area contributed by atoms with Crippen LogP contribution in [0.3, 0.4) is 0 Å². The Balaban J connectivity index is 1.03. The molecule has 4 amide bonds. The zero-order chi connectivity index (χ0) is 29.9. The number of fused-ring (bicyclic) bond motifs is 2. The van der Waals surface area contributed by atoms with E-state index in [4.69, 9.17) is 9.97 Å². The third kappa shape index (κ3) is 4.59. The molecular weight excluding hydrogens is 560 g/mol. The van der Waals surface area contributed by atoms with Crippen molar-refractivity contribution in [2.45, 2.75) is 75.5 Å². The summed E-state index contributed by atoms with van der Waals surface area (Å²) < 4.78 is 0. The quantitative estimate of drug-likeness (QED) is 0.278. The van der Waals surface area contributed by atoms with Crippen LogP contribution in [0.4, 0.5) is 0 Å². The molecule has 4 saturated heterocycles. The van der Waals surface area contributed by atoms with Gasteiger partial charge in [0.1, 0.15) is 23.7 Å². The summed E-state index contributed by atoms with van der Waals surface area (Å²) >= 11 is 0. The Morgan fingerprint density at radius 3 is 1.52 bits per heavy atom. The minimum atomic E-state index is -0.441. The van der Waals surface area contributed by atoms with E-state index in [-0.39, 0.29) is 35.7 Å². The van der Waals surface area contributed by atoms with E-state index in [1.165, 1.54) is 0 Å². The predicted octanol–water partition coefficient (Wildman–Crippen LogP) is 2.99. The molecule has 8 rings (SSSR count). The minimum Gasteiger partial charge on any atom is -0.344 e. The van der Waals surface area contributed by atoms with Crippen LogP contribution in [0.5, 0.6) is 0 Å². The number of H-pyrrole nitrogens is 2. The molecule has 6 heterocycles. The Hall–Kier alpha value is -4.74. The van der Waals surface area contributed by atoms with E-state index in [9.17, 15) is 19.2 Å². The second-order valence-corrected chi connectivity index (χ2v) is 12.4. The van der Waals surface area contributed by atoms with Gasteiger partial charge in [0.15, 0.2) is 0 Å². The van der Waals surface area contributed by atoms with Gasteiger partial charge in [-0.15, -0.1) is 0 Å². The first-order valence-corrected chi connectivity index (χ1v) is 15.6. The van der Waals surface area contributed by atoms with Crippen molar-refractivity contribution in [2.75, 3.05) is 13.1 Å². The molecule has 44 heavy (non-hydrogen) atoms. The maximum absolute atomic E-state index is 13.2. The van der Waals surface area contributed by atoms with Crippen LogP contribution in [-0.4, -0.2) is 78.5 Å². The van der Waals surface area contributed by atoms with Crippen molar-refractivity contribution in [1.82, 2.24) is 40.4 Å². The van der Waals surface area contributed by atoms with Gasteiger partial charge < -0.3 is 30.4 Å². The number of carbonyl (C=O) groups excluding carboxylic acids is 4. The number of nitrogens with zero attached hydrogens (tertiary/aromatic N) is 4. The van der Waals surface area contributed by atoms with Crippen LogP contribution in [-0.2, 0) is 19.2 Å². The Morgan fingerprint density at radius 1 is 0.659 bits per heavy atom. The first kappa shape index (κ1) is 26.9. The molecule has 4 aromatic rings. The second-order valence-electron chi connectivity index (χ2n) is 12.4. The molecule has 226 valence electrons. The number of likely N-dealkylation sites (tertiary alicyclic amines) is 2. The lowest BCUT2D eigenvalue weighted by molar-refractivity contribution is -0.135. The highest BCUT2D eigenvalue weighted by Gasteiger charge is 2.39. The summed E-state index contributed by atoms with van der Waals surface area (Å²) in [4.78, 5) is 70.1. The standard InChI is InChI=1S/C32H34N8O4/c41-27-11-9-21(33-27)31(43)39-13-1-3-25(39)29-35-19-7-5-17(15-23(19)37-29)18-6-8-20-24(16-18)38-30(36-20)26-4-2-14-40(26)32(44)22-10-12-28(42)34-22/h5-8,15-16,21-22,25-26H,1-4,9-14H2,(H,33,41)(H,34,42)(H,35,37)(H,36,38)/t21-,22-,25+,26+/m1/s1. The van der Waals surface area contributed by atoms with Gasteiger partial charge >= 0.3 is 0 Å². The molecule has 0 radical (unpaired) electrons. The number of nitrogens with one attached hydrogen (secondary N) is 4. The van der Waals surface area contributed by atoms with Crippen molar-refractivity contribution in [3.05, 3.63) is 48.0 Å². The zero-order valence-corrected chi connectivity index (χ0v) is 24.3. The largest absolute Gasteiger partial charge is 0.344 e. The average molecular weight is 595 g/mol. The fourth-order valence-electron chi connectivity index (χ4n) is 7.36. The highest BCUT2D eigenvalue weighted by atomic mass is 16.2. The number of aromatic amines is 2. The van der Waals surface area contributed by atoms with Crippen molar-refractivity contribution in [1.29, 1.82) is 0 Å². The highest BCUT2D eigenvalue weighted by molar-refractivity contribution is 5.92. The molecule has 2 aromatic heterocycles. The smallest absolute Gasteiger partial charge is 0.245 e. The Labute approximate surface area is 253 Å². The molecule has 12 nitrogen and oxygen atoms in total. The number of carbonyl (C=O) groups is 4. The van der Waals surface area contributed by atoms with Crippen LogP contribution in [0, 0.1) is 0 Å². The maximum atomic E-state index is 13.2. The van der Waals surface area contributed by atoms with Crippen LogP contribution in [0.25, 0.3) is 33.2 Å². The molecule has 4 aliphatic heterocycles. The number of rotatable bonds is 5. The third-order valence-corrected chi connectivity index (χ3v) is 9.62. The van der Waals surface area contributed by atoms with Gasteiger partial charge in [0.2, 0.25) is 23.6 Å². The van der Waals surface area contributed by atoms with Gasteiger partial charge in [-0.2, -0.15) is 0 Å². The molecule has 4 aliphatic rings.